The van der Waals surface area contributed by atoms with E-state index < -0.39 is 0 Å². The van der Waals surface area contributed by atoms with Crippen molar-refractivity contribution in [3.8, 4) is 5.75 Å². The van der Waals surface area contributed by atoms with E-state index in [1.807, 2.05) is 0 Å². The molecule has 1 aromatic rings. The number of hydrogen-bond acceptors (Lipinski definition) is 2. The van der Waals surface area contributed by atoms with E-state index >= 15 is 0 Å². The normalized spacial score (nSPS) is 12.9. The molecule has 3 heteroatoms. The molecule has 0 spiro atoms. The summed E-state index contributed by atoms with van der Waals surface area (Å²) in [5, 5.41) is 9.42. The van der Waals surface area contributed by atoms with E-state index in [1.165, 1.54) is 6.07 Å². The van der Waals surface area contributed by atoms with Gasteiger partial charge in [-0.15, -0.1) is 0 Å². The average molecular weight is 183 g/mol. The van der Waals surface area contributed by atoms with Crippen LogP contribution < -0.4 is 5.73 Å². The van der Waals surface area contributed by atoms with Gasteiger partial charge in [-0.1, -0.05) is 13.0 Å². The summed E-state index contributed by atoms with van der Waals surface area (Å²) in [6.45, 7) is 3.78. The highest BCUT2D eigenvalue weighted by atomic mass is 19.1. The second-order valence-corrected chi connectivity index (χ2v) is 3.27. The molecule has 0 aliphatic heterocycles. The summed E-state index contributed by atoms with van der Waals surface area (Å²) >= 11 is 0. The van der Waals surface area contributed by atoms with Crippen molar-refractivity contribution in [1.29, 1.82) is 0 Å². The molecule has 0 aliphatic rings. The number of aryl methyl sites for hydroxylation is 1. The molecule has 0 amide bonds. The molecule has 72 valence electrons. The van der Waals surface area contributed by atoms with Crippen LogP contribution in [0.3, 0.4) is 0 Å². The summed E-state index contributed by atoms with van der Waals surface area (Å²) in [6, 6.07) is 3.05. The van der Waals surface area contributed by atoms with Gasteiger partial charge in [0.1, 0.15) is 11.6 Å². The molecule has 3 N–H and O–H groups in total. The van der Waals surface area contributed by atoms with Crippen LogP contribution >= 0.6 is 0 Å². The molecule has 0 aromatic heterocycles. The van der Waals surface area contributed by atoms with Crippen molar-refractivity contribution in [3.05, 3.63) is 29.1 Å². The number of nitrogens with two attached hydrogens (primary N) is 1. The number of rotatable bonds is 2. The minimum atomic E-state index is -0.349. The fourth-order valence-electron chi connectivity index (χ4n) is 1.28. The standard InChI is InChI=1S/C10H14FNO/c1-6-3-4-8(13)9(10(6)11)7(2)5-12/h3-4,7,13H,5,12H2,1-2H3. The zero-order chi connectivity index (χ0) is 10.0. The fraction of sp³-hybridized carbons (Fsp3) is 0.400. The highest BCUT2D eigenvalue weighted by Gasteiger charge is 2.15. The van der Waals surface area contributed by atoms with Crippen molar-refractivity contribution in [3.63, 3.8) is 0 Å². The zero-order valence-corrected chi connectivity index (χ0v) is 7.84. The molecule has 0 saturated heterocycles. The lowest BCUT2D eigenvalue weighted by atomic mass is 9.97. The van der Waals surface area contributed by atoms with E-state index in [2.05, 4.69) is 0 Å². The van der Waals surface area contributed by atoms with Crippen LogP contribution in [0.1, 0.15) is 24.0 Å². The molecule has 0 heterocycles. The highest BCUT2D eigenvalue weighted by Crippen LogP contribution is 2.29. The molecule has 0 bridgehead atoms. The van der Waals surface area contributed by atoms with Crippen molar-refractivity contribution >= 4 is 0 Å². The first-order valence-corrected chi connectivity index (χ1v) is 4.26. The summed E-state index contributed by atoms with van der Waals surface area (Å²) in [7, 11) is 0. The third-order valence-corrected chi connectivity index (χ3v) is 2.20. The SMILES string of the molecule is Cc1ccc(O)c(C(C)CN)c1F. The molecule has 0 saturated carbocycles. The van der Waals surface area contributed by atoms with Crippen LogP contribution in [0, 0.1) is 12.7 Å². The maximum absolute atomic E-state index is 13.5. The Morgan fingerprint density at radius 3 is 2.69 bits per heavy atom. The van der Waals surface area contributed by atoms with Gasteiger partial charge in [-0.2, -0.15) is 0 Å². The van der Waals surface area contributed by atoms with Gasteiger partial charge in [0, 0.05) is 5.56 Å². The van der Waals surface area contributed by atoms with Gasteiger partial charge < -0.3 is 10.8 Å². The Kier molecular flexibility index (Phi) is 2.88. The second kappa shape index (κ2) is 3.75. The van der Waals surface area contributed by atoms with E-state index in [4.69, 9.17) is 5.73 Å². The monoisotopic (exact) mass is 183 g/mol. The lowest BCUT2D eigenvalue weighted by molar-refractivity contribution is 0.450. The molecule has 1 atom stereocenters. The Bertz CT molecular complexity index is 312. The Hall–Kier alpha value is -1.09. The smallest absolute Gasteiger partial charge is 0.133 e. The van der Waals surface area contributed by atoms with E-state index in [-0.39, 0.29) is 17.5 Å². The molecule has 0 radical (unpaired) electrons. The zero-order valence-electron chi connectivity index (χ0n) is 7.84. The third kappa shape index (κ3) is 1.80. The number of benzene rings is 1. The highest BCUT2D eigenvalue weighted by molar-refractivity contribution is 5.39. The first-order chi connectivity index (χ1) is 6.07. The summed E-state index contributed by atoms with van der Waals surface area (Å²) in [6.07, 6.45) is 0. The Morgan fingerprint density at radius 2 is 2.15 bits per heavy atom. The van der Waals surface area contributed by atoms with Crippen LogP contribution in [0.2, 0.25) is 0 Å². The van der Waals surface area contributed by atoms with Gasteiger partial charge in [-0.05, 0) is 31.0 Å². The predicted octanol–water partition coefficient (Wildman–Crippen LogP) is 1.90. The molecule has 2 nitrogen and oxygen atoms in total. The van der Waals surface area contributed by atoms with Gasteiger partial charge in [-0.3, -0.25) is 0 Å². The topological polar surface area (TPSA) is 46.2 Å². The Balaban J connectivity index is 3.25. The van der Waals surface area contributed by atoms with Gasteiger partial charge in [0.2, 0.25) is 0 Å². The molecular weight excluding hydrogens is 169 g/mol. The van der Waals surface area contributed by atoms with E-state index in [1.54, 1.807) is 19.9 Å². The summed E-state index contributed by atoms with van der Waals surface area (Å²) in [5.41, 5.74) is 6.27. The molecule has 0 aliphatic carbocycles. The van der Waals surface area contributed by atoms with Crippen LogP contribution in [0.5, 0.6) is 5.75 Å². The van der Waals surface area contributed by atoms with Crippen molar-refractivity contribution in [1.82, 2.24) is 0 Å². The molecule has 1 aromatic carbocycles. The summed E-state index contributed by atoms with van der Waals surface area (Å²) in [4.78, 5) is 0. The number of phenolic OH excluding ortho intramolecular Hbond substituents is 1. The first kappa shape index (κ1) is 9.99. The van der Waals surface area contributed by atoms with Gasteiger partial charge in [0.25, 0.3) is 0 Å². The van der Waals surface area contributed by atoms with Crippen molar-refractivity contribution in [2.24, 2.45) is 5.73 Å². The van der Waals surface area contributed by atoms with Gasteiger partial charge >= 0.3 is 0 Å². The lowest BCUT2D eigenvalue weighted by Gasteiger charge is -2.13. The quantitative estimate of drug-likeness (QED) is 0.735. The molecule has 0 fully saturated rings. The average Bonchev–Trinajstić information content (AvgIpc) is 2.12. The van der Waals surface area contributed by atoms with Crippen LogP contribution in [-0.4, -0.2) is 11.7 Å². The van der Waals surface area contributed by atoms with Crippen molar-refractivity contribution in [2.45, 2.75) is 19.8 Å². The van der Waals surface area contributed by atoms with Crippen LogP contribution in [0.15, 0.2) is 12.1 Å². The minimum Gasteiger partial charge on any atom is -0.508 e. The number of halogens is 1. The van der Waals surface area contributed by atoms with Gasteiger partial charge in [0.15, 0.2) is 0 Å². The summed E-state index contributed by atoms with van der Waals surface area (Å²) < 4.78 is 13.5. The van der Waals surface area contributed by atoms with Crippen LogP contribution in [-0.2, 0) is 0 Å². The third-order valence-electron chi connectivity index (χ3n) is 2.20. The Labute approximate surface area is 77.2 Å². The Morgan fingerprint density at radius 1 is 1.54 bits per heavy atom. The molecule has 1 unspecified atom stereocenters. The van der Waals surface area contributed by atoms with E-state index in [0.29, 0.717) is 17.7 Å². The number of hydrogen-bond donors (Lipinski definition) is 2. The number of aromatic hydroxyl groups is 1. The molecule has 1 rings (SSSR count). The predicted molar refractivity (Wildman–Crippen MR) is 50.3 cm³/mol. The minimum absolute atomic E-state index is 0.0129. The second-order valence-electron chi connectivity index (χ2n) is 3.27. The summed E-state index contributed by atoms with van der Waals surface area (Å²) in [5.74, 6) is -0.515. The van der Waals surface area contributed by atoms with Gasteiger partial charge in [-0.25, -0.2) is 4.39 Å². The van der Waals surface area contributed by atoms with Crippen LogP contribution in [0.4, 0.5) is 4.39 Å². The van der Waals surface area contributed by atoms with E-state index in [9.17, 15) is 9.50 Å². The van der Waals surface area contributed by atoms with Gasteiger partial charge in [0.05, 0.1) is 0 Å². The number of phenols is 1. The van der Waals surface area contributed by atoms with E-state index in [0.717, 1.165) is 0 Å². The first-order valence-electron chi connectivity index (χ1n) is 4.26. The molecule has 13 heavy (non-hydrogen) atoms. The maximum Gasteiger partial charge on any atom is 0.133 e. The van der Waals surface area contributed by atoms with Crippen LogP contribution in [0.25, 0.3) is 0 Å². The lowest BCUT2D eigenvalue weighted by Crippen LogP contribution is -2.11. The van der Waals surface area contributed by atoms with Crippen molar-refractivity contribution in [2.75, 3.05) is 6.54 Å². The largest absolute Gasteiger partial charge is 0.508 e. The van der Waals surface area contributed by atoms with Crippen molar-refractivity contribution < 1.29 is 9.50 Å². The maximum atomic E-state index is 13.5. The fourth-order valence-corrected chi connectivity index (χ4v) is 1.28. The molecular formula is C10H14FNO.